The smallest absolute Gasteiger partial charge is 0.302 e. The lowest BCUT2D eigenvalue weighted by Gasteiger charge is -2.30. The second kappa shape index (κ2) is 9.77. The van der Waals surface area contributed by atoms with Crippen LogP contribution < -0.4 is 0 Å². The van der Waals surface area contributed by atoms with Crippen LogP contribution in [0.2, 0.25) is 0 Å². The second-order valence-corrected chi connectivity index (χ2v) is 5.27. The highest BCUT2D eigenvalue weighted by Gasteiger charge is 2.20. The van der Waals surface area contributed by atoms with Crippen LogP contribution >= 0.6 is 0 Å². The van der Waals surface area contributed by atoms with Gasteiger partial charge in [0.25, 0.3) is 0 Å². The minimum absolute atomic E-state index is 0.0330. The molecule has 0 N–H and O–H groups in total. The molecule has 1 aromatic carbocycles. The monoisotopic (exact) mass is 303 g/mol. The quantitative estimate of drug-likeness (QED) is 0.400. The molecule has 22 heavy (non-hydrogen) atoms. The van der Waals surface area contributed by atoms with Crippen molar-refractivity contribution in [3.05, 3.63) is 48.6 Å². The van der Waals surface area contributed by atoms with Crippen LogP contribution in [0.25, 0.3) is 0 Å². The number of hydrogen-bond acceptors (Lipinski definition) is 3. The van der Waals surface area contributed by atoms with Crippen molar-refractivity contribution < 1.29 is 14.3 Å². The van der Waals surface area contributed by atoms with E-state index in [9.17, 15) is 9.59 Å². The lowest BCUT2D eigenvalue weighted by Crippen LogP contribution is -2.41. The van der Waals surface area contributed by atoms with Crippen LogP contribution in [-0.2, 0) is 20.7 Å². The van der Waals surface area contributed by atoms with Gasteiger partial charge in [0.2, 0.25) is 5.91 Å². The summed E-state index contributed by atoms with van der Waals surface area (Å²) < 4.78 is 4.93. The number of carbonyl (C=O) groups is 2. The Labute approximate surface area is 132 Å². The van der Waals surface area contributed by atoms with E-state index in [4.69, 9.17) is 4.74 Å². The summed E-state index contributed by atoms with van der Waals surface area (Å²) in [5.41, 5.74) is 1.19. The molecule has 4 heteroatoms. The van der Waals surface area contributed by atoms with Crippen molar-refractivity contribution in [2.45, 2.75) is 39.2 Å². The Kier molecular flexibility index (Phi) is 7.97. The van der Waals surface area contributed by atoms with E-state index in [2.05, 4.69) is 18.7 Å². The molecule has 1 atom stereocenters. The minimum atomic E-state index is -0.290. The molecule has 0 aliphatic heterocycles. The average Bonchev–Trinajstić information content (AvgIpc) is 2.47. The molecule has 0 aliphatic rings. The van der Waals surface area contributed by atoms with Crippen molar-refractivity contribution in [3.8, 4) is 0 Å². The molecule has 0 radical (unpaired) electrons. The van der Waals surface area contributed by atoms with Gasteiger partial charge in [-0.3, -0.25) is 9.59 Å². The van der Waals surface area contributed by atoms with E-state index >= 15 is 0 Å². The highest BCUT2D eigenvalue weighted by Crippen LogP contribution is 2.14. The van der Waals surface area contributed by atoms with Crippen molar-refractivity contribution in [1.82, 2.24) is 4.90 Å². The van der Waals surface area contributed by atoms with Gasteiger partial charge in [0, 0.05) is 26.4 Å². The molecule has 0 aliphatic carbocycles. The van der Waals surface area contributed by atoms with Gasteiger partial charge >= 0.3 is 5.97 Å². The summed E-state index contributed by atoms with van der Waals surface area (Å²) in [7, 11) is 0. The van der Waals surface area contributed by atoms with Crippen LogP contribution in [0, 0.1) is 0 Å². The van der Waals surface area contributed by atoms with E-state index < -0.39 is 0 Å². The van der Waals surface area contributed by atoms with Crippen molar-refractivity contribution >= 4 is 11.9 Å². The predicted molar refractivity (Wildman–Crippen MR) is 87.4 cm³/mol. The van der Waals surface area contributed by atoms with Gasteiger partial charge in [-0.25, -0.2) is 0 Å². The molecular weight excluding hydrogens is 278 g/mol. The maximum atomic E-state index is 12.0. The Balaban J connectivity index is 2.67. The minimum Gasteiger partial charge on any atom is -0.466 e. The van der Waals surface area contributed by atoms with Crippen LogP contribution in [0.1, 0.15) is 32.3 Å². The number of benzene rings is 1. The van der Waals surface area contributed by atoms with Gasteiger partial charge in [-0.15, -0.1) is 6.58 Å². The summed E-state index contributed by atoms with van der Waals surface area (Å²) in [5.74, 6) is -0.257. The highest BCUT2D eigenvalue weighted by molar-refractivity contribution is 5.73. The van der Waals surface area contributed by atoms with Crippen molar-refractivity contribution in [2.24, 2.45) is 0 Å². The molecule has 0 unspecified atom stereocenters. The molecule has 0 aromatic heterocycles. The van der Waals surface area contributed by atoms with Gasteiger partial charge in [0.1, 0.15) is 0 Å². The van der Waals surface area contributed by atoms with Crippen molar-refractivity contribution in [2.75, 3.05) is 13.2 Å². The number of carbonyl (C=O) groups excluding carboxylic acids is 2. The van der Waals surface area contributed by atoms with Gasteiger partial charge in [-0.05, 0) is 24.8 Å². The Hall–Kier alpha value is -2.10. The average molecular weight is 303 g/mol. The first-order valence-corrected chi connectivity index (χ1v) is 7.60. The maximum absolute atomic E-state index is 12.0. The molecule has 0 fully saturated rings. The number of hydrogen-bond donors (Lipinski definition) is 0. The van der Waals surface area contributed by atoms with E-state index in [1.807, 2.05) is 29.2 Å². The SMILES string of the molecule is C=CC[C@H](Cc1ccccc1)N(CCCOC(C)=O)C(C)=O. The fourth-order valence-corrected chi connectivity index (χ4v) is 2.45. The third-order valence-electron chi connectivity index (χ3n) is 3.45. The summed E-state index contributed by atoms with van der Waals surface area (Å²) >= 11 is 0. The summed E-state index contributed by atoms with van der Waals surface area (Å²) in [6.45, 7) is 7.68. The van der Waals surface area contributed by atoms with Crippen LogP contribution in [0.15, 0.2) is 43.0 Å². The summed E-state index contributed by atoms with van der Waals surface area (Å²) in [6, 6.07) is 10.2. The first-order chi connectivity index (χ1) is 10.5. The van der Waals surface area contributed by atoms with Crippen LogP contribution in [0.4, 0.5) is 0 Å². The molecular formula is C18H25NO3. The van der Waals surface area contributed by atoms with Gasteiger partial charge in [-0.1, -0.05) is 36.4 Å². The van der Waals surface area contributed by atoms with E-state index in [1.54, 1.807) is 6.92 Å². The van der Waals surface area contributed by atoms with Crippen molar-refractivity contribution in [3.63, 3.8) is 0 Å². The highest BCUT2D eigenvalue weighted by atomic mass is 16.5. The number of nitrogens with zero attached hydrogens (tertiary/aromatic N) is 1. The van der Waals surface area contributed by atoms with Crippen LogP contribution in [-0.4, -0.2) is 36.0 Å². The molecule has 0 heterocycles. The number of amides is 1. The molecule has 4 nitrogen and oxygen atoms in total. The molecule has 0 saturated heterocycles. The summed E-state index contributed by atoms with van der Waals surface area (Å²) in [6.07, 6.45) is 4.01. The molecule has 0 spiro atoms. The zero-order valence-electron chi connectivity index (χ0n) is 13.5. The Morgan fingerprint density at radius 3 is 2.50 bits per heavy atom. The third kappa shape index (κ3) is 6.57. The fourth-order valence-electron chi connectivity index (χ4n) is 2.45. The maximum Gasteiger partial charge on any atom is 0.302 e. The normalized spacial score (nSPS) is 11.5. The molecule has 1 amide bonds. The Morgan fingerprint density at radius 2 is 1.95 bits per heavy atom. The lowest BCUT2D eigenvalue weighted by molar-refractivity contribution is -0.141. The third-order valence-corrected chi connectivity index (χ3v) is 3.45. The summed E-state index contributed by atoms with van der Waals surface area (Å²) in [4.78, 5) is 24.6. The zero-order valence-corrected chi connectivity index (χ0v) is 13.5. The van der Waals surface area contributed by atoms with Gasteiger partial charge in [-0.2, -0.15) is 0 Å². The number of ether oxygens (including phenoxy) is 1. The van der Waals surface area contributed by atoms with E-state index in [0.29, 0.717) is 19.6 Å². The van der Waals surface area contributed by atoms with E-state index in [0.717, 1.165) is 12.8 Å². The van der Waals surface area contributed by atoms with Gasteiger partial charge in [0.05, 0.1) is 6.61 Å². The lowest BCUT2D eigenvalue weighted by atomic mass is 10.0. The molecule has 0 bridgehead atoms. The topological polar surface area (TPSA) is 46.6 Å². The largest absolute Gasteiger partial charge is 0.466 e. The van der Waals surface area contributed by atoms with Gasteiger partial charge < -0.3 is 9.64 Å². The van der Waals surface area contributed by atoms with Gasteiger partial charge in [0.15, 0.2) is 0 Å². The van der Waals surface area contributed by atoms with Crippen LogP contribution in [0.3, 0.4) is 0 Å². The Morgan fingerprint density at radius 1 is 1.27 bits per heavy atom. The standard InChI is InChI=1S/C18H25NO3/c1-4-9-18(14-17-10-6-5-7-11-17)19(15(2)20)12-8-13-22-16(3)21/h4-7,10-11,18H,1,8-9,12-14H2,2-3H3/t18-/m1/s1. The van der Waals surface area contributed by atoms with E-state index in [1.165, 1.54) is 12.5 Å². The molecule has 120 valence electrons. The molecule has 0 saturated carbocycles. The fraction of sp³-hybridized carbons (Fsp3) is 0.444. The van der Waals surface area contributed by atoms with E-state index in [-0.39, 0.29) is 17.9 Å². The van der Waals surface area contributed by atoms with Crippen LogP contribution in [0.5, 0.6) is 0 Å². The number of esters is 1. The predicted octanol–water partition coefficient (Wildman–Crippen LogP) is 2.98. The number of rotatable bonds is 9. The Bertz CT molecular complexity index is 484. The summed E-state index contributed by atoms with van der Waals surface area (Å²) in [5, 5.41) is 0. The molecule has 1 aromatic rings. The zero-order chi connectivity index (χ0) is 16.4. The second-order valence-electron chi connectivity index (χ2n) is 5.27. The molecule has 1 rings (SSSR count). The van der Waals surface area contributed by atoms with Crippen molar-refractivity contribution in [1.29, 1.82) is 0 Å². The first kappa shape index (κ1) is 18.0. The first-order valence-electron chi connectivity index (χ1n) is 7.60.